The summed E-state index contributed by atoms with van der Waals surface area (Å²) in [5.74, 6) is -0.430. The molecule has 1 heterocycles. The minimum absolute atomic E-state index is 0.195. The van der Waals surface area contributed by atoms with Gasteiger partial charge in [-0.3, -0.25) is 14.5 Å². The number of anilines is 1. The fourth-order valence-corrected chi connectivity index (χ4v) is 2.96. The van der Waals surface area contributed by atoms with Crippen LogP contribution >= 0.6 is 0 Å². The van der Waals surface area contributed by atoms with E-state index in [1.165, 1.54) is 4.90 Å². The number of fused-ring (bicyclic) bond motifs is 2. The normalized spacial score (nSPS) is 16.4. The van der Waals surface area contributed by atoms with Gasteiger partial charge in [-0.1, -0.05) is 36.4 Å². The highest BCUT2D eigenvalue weighted by Gasteiger charge is 2.35. The Morgan fingerprint density at radius 2 is 1.50 bits per heavy atom. The molecule has 4 rings (SSSR count). The number of hydrogen-bond donors (Lipinski definition) is 0. The minimum Gasteiger partial charge on any atom is -0.447 e. The van der Waals surface area contributed by atoms with Crippen LogP contribution in [-0.4, -0.2) is 30.8 Å². The number of hydrogen-bond acceptors (Lipinski definition) is 4. The summed E-state index contributed by atoms with van der Waals surface area (Å²) in [6.07, 6.45) is -0.493. The standard InChI is InChI=1S/C17H11NO4/c19-15-10-4-1-2-5-11(10)16(20)14-12(15)6-3-7-13(14)18-8-9-22-17(18)21/h1-7H,8-9H2. The number of amides is 1. The van der Waals surface area contributed by atoms with Crippen molar-refractivity contribution in [1.29, 1.82) is 0 Å². The average molecular weight is 293 g/mol. The molecule has 2 aromatic rings. The lowest BCUT2D eigenvalue weighted by Gasteiger charge is -2.23. The minimum atomic E-state index is -0.493. The predicted molar refractivity (Wildman–Crippen MR) is 78.4 cm³/mol. The summed E-state index contributed by atoms with van der Waals surface area (Å²) in [6, 6.07) is 11.7. The van der Waals surface area contributed by atoms with Crippen molar-refractivity contribution in [2.24, 2.45) is 0 Å². The van der Waals surface area contributed by atoms with Crippen LogP contribution < -0.4 is 4.90 Å². The van der Waals surface area contributed by atoms with Gasteiger partial charge in [0.05, 0.1) is 17.8 Å². The molecule has 1 amide bonds. The van der Waals surface area contributed by atoms with Crippen LogP contribution in [0, 0.1) is 0 Å². The van der Waals surface area contributed by atoms with E-state index in [0.29, 0.717) is 28.9 Å². The Kier molecular flexibility index (Phi) is 2.63. The lowest BCUT2D eigenvalue weighted by Crippen LogP contribution is -2.29. The second kappa shape index (κ2) is 4.53. The number of carbonyl (C=O) groups excluding carboxylic acids is 3. The third-order valence-corrected chi connectivity index (χ3v) is 3.98. The summed E-state index contributed by atoms with van der Waals surface area (Å²) in [7, 11) is 0. The Balaban J connectivity index is 1.95. The van der Waals surface area contributed by atoms with Crippen LogP contribution in [0.1, 0.15) is 31.8 Å². The molecule has 108 valence electrons. The van der Waals surface area contributed by atoms with Crippen LogP contribution in [-0.2, 0) is 4.74 Å². The average Bonchev–Trinajstić information content (AvgIpc) is 2.98. The van der Waals surface area contributed by atoms with E-state index in [-0.39, 0.29) is 23.7 Å². The Morgan fingerprint density at radius 1 is 0.818 bits per heavy atom. The van der Waals surface area contributed by atoms with Gasteiger partial charge in [0.2, 0.25) is 0 Å². The first-order valence-electron chi connectivity index (χ1n) is 6.94. The predicted octanol–water partition coefficient (Wildman–Crippen LogP) is 2.42. The van der Waals surface area contributed by atoms with Crippen LogP contribution in [0.25, 0.3) is 0 Å². The number of carbonyl (C=O) groups is 3. The summed E-state index contributed by atoms with van der Waals surface area (Å²) in [4.78, 5) is 38.6. The van der Waals surface area contributed by atoms with Crippen molar-refractivity contribution >= 4 is 23.3 Å². The van der Waals surface area contributed by atoms with Gasteiger partial charge in [0.15, 0.2) is 11.6 Å². The highest BCUT2D eigenvalue weighted by Crippen LogP contribution is 2.34. The molecular weight excluding hydrogens is 282 g/mol. The first-order chi connectivity index (χ1) is 10.7. The van der Waals surface area contributed by atoms with Crippen molar-refractivity contribution in [3.05, 3.63) is 64.7 Å². The van der Waals surface area contributed by atoms with Gasteiger partial charge in [-0.2, -0.15) is 0 Å². The molecule has 0 unspecified atom stereocenters. The Labute approximate surface area is 126 Å². The van der Waals surface area contributed by atoms with Crippen molar-refractivity contribution in [3.8, 4) is 0 Å². The van der Waals surface area contributed by atoms with Crippen molar-refractivity contribution in [3.63, 3.8) is 0 Å². The molecule has 0 saturated carbocycles. The van der Waals surface area contributed by atoms with Gasteiger partial charge in [-0.15, -0.1) is 0 Å². The molecule has 0 atom stereocenters. The van der Waals surface area contributed by atoms with Crippen molar-refractivity contribution in [1.82, 2.24) is 0 Å². The zero-order valence-corrected chi connectivity index (χ0v) is 11.5. The van der Waals surface area contributed by atoms with Crippen LogP contribution in [0.2, 0.25) is 0 Å². The van der Waals surface area contributed by atoms with Gasteiger partial charge >= 0.3 is 6.09 Å². The maximum atomic E-state index is 12.8. The number of ether oxygens (including phenoxy) is 1. The van der Waals surface area contributed by atoms with E-state index < -0.39 is 6.09 Å². The third-order valence-electron chi connectivity index (χ3n) is 3.98. The third kappa shape index (κ3) is 1.62. The van der Waals surface area contributed by atoms with Crippen LogP contribution in [0.5, 0.6) is 0 Å². The van der Waals surface area contributed by atoms with Crippen molar-refractivity contribution < 1.29 is 19.1 Å². The Hall–Kier alpha value is -2.95. The van der Waals surface area contributed by atoms with Crippen molar-refractivity contribution in [2.75, 3.05) is 18.1 Å². The van der Waals surface area contributed by atoms with Crippen LogP contribution in [0.4, 0.5) is 10.5 Å². The van der Waals surface area contributed by atoms with E-state index in [2.05, 4.69) is 0 Å². The van der Waals surface area contributed by atoms with E-state index in [9.17, 15) is 14.4 Å². The molecule has 2 aromatic carbocycles. The molecule has 0 radical (unpaired) electrons. The summed E-state index contributed by atoms with van der Waals surface area (Å²) >= 11 is 0. The Morgan fingerprint density at radius 3 is 2.18 bits per heavy atom. The smallest absolute Gasteiger partial charge is 0.414 e. The maximum Gasteiger partial charge on any atom is 0.414 e. The first-order valence-corrected chi connectivity index (χ1v) is 6.94. The number of benzene rings is 2. The summed E-state index contributed by atoms with van der Waals surface area (Å²) in [5.41, 5.74) is 1.83. The fraction of sp³-hybridized carbons (Fsp3) is 0.118. The monoisotopic (exact) mass is 293 g/mol. The molecule has 0 aromatic heterocycles. The number of rotatable bonds is 1. The largest absolute Gasteiger partial charge is 0.447 e. The molecule has 1 saturated heterocycles. The van der Waals surface area contributed by atoms with Gasteiger partial charge in [0, 0.05) is 16.7 Å². The molecule has 5 heteroatoms. The molecule has 0 bridgehead atoms. The molecule has 1 fully saturated rings. The molecule has 0 spiro atoms. The molecule has 0 N–H and O–H groups in total. The highest BCUT2D eigenvalue weighted by molar-refractivity contribution is 6.30. The molecule has 1 aliphatic carbocycles. The molecule has 5 nitrogen and oxygen atoms in total. The van der Waals surface area contributed by atoms with E-state index >= 15 is 0 Å². The molecule has 1 aliphatic heterocycles. The van der Waals surface area contributed by atoms with E-state index in [1.54, 1.807) is 42.5 Å². The van der Waals surface area contributed by atoms with E-state index in [4.69, 9.17) is 4.74 Å². The second-order valence-electron chi connectivity index (χ2n) is 5.17. The summed E-state index contributed by atoms with van der Waals surface area (Å²) in [6.45, 7) is 0.652. The molecule has 22 heavy (non-hydrogen) atoms. The topological polar surface area (TPSA) is 63.7 Å². The first kappa shape index (κ1) is 12.8. The van der Waals surface area contributed by atoms with E-state index in [1.807, 2.05) is 0 Å². The van der Waals surface area contributed by atoms with Gasteiger partial charge in [-0.25, -0.2) is 4.79 Å². The zero-order valence-electron chi connectivity index (χ0n) is 11.5. The van der Waals surface area contributed by atoms with Gasteiger partial charge < -0.3 is 4.74 Å². The maximum absolute atomic E-state index is 12.8. The van der Waals surface area contributed by atoms with Crippen LogP contribution in [0.15, 0.2) is 42.5 Å². The molecular formula is C17H11NO4. The highest BCUT2D eigenvalue weighted by atomic mass is 16.6. The quantitative estimate of drug-likeness (QED) is 0.691. The zero-order chi connectivity index (χ0) is 15.3. The number of ketones is 2. The lowest BCUT2D eigenvalue weighted by atomic mass is 9.83. The second-order valence-corrected chi connectivity index (χ2v) is 5.17. The number of cyclic esters (lactones) is 1. The SMILES string of the molecule is O=C1c2ccccc2C(=O)c2c1cccc2N1CCOC1=O. The van der Waals surface area contributed by atoms with Crippen LogP contribution in [0.3, 0.4) is 0 Å². The molecule has 2 aliphatic rings. The van der Waals surface area contributed by atoms with Gasteiger partial charge in [0.25, 0.3) is 0 Å². The number of nitrogens with zero attached hydrogens (tertiary/aromatic N) is 1. The summed E-state index contributed by atoms with van der Waals surface area (Å²) in [5, 5.41) is 0. The van der Waals surface area contributed by atoms with E-state index in [0.717, 1.165) is 0 Å². The summed E-state index contributed by atoms with van der Waals surface area (Å²) < 4.78 is 4.93. The van der Waals surface area contributed by atoms with Crippen molar-refractivity contribution in [2.45, 2.75) is 0 Å². The lowest BCUT2D eigenvalue weighted by molar-refractivity contribution is 0.0979. The van der Waals surface area contributed by atoms with Gasteiger partial charge in [0.1, 0.15) is 6.61 Å². The van der Waals surface area contributed by atoms with Gasteiger partial charge in [-0.05, 0) is 6.07 Å². The Bertz CT molecular complexity index is 840. The fourth-order valence-electron chi connectivity index (χ4n) is 2.96.